The highest BCUT2D eigenvalue weighted by atomic mass is 16.5. The van der Waals surface area contributed by atoms with Gasteiger partial charge in [-0.2, -0.15) is 0 Å². The summed E-state index contributed by atoms with van der Waals surface area (Å²) in [5, 5.41) is 11.8. The molecular formula is C11H23NO3. The van der Waals surface area contributed by atoms with Gasteiger partial charge in [0.15, 0.2) is 0 Å². The van der Waals surface area contributed by atoms with Crippen molar-refractivity contribution in [3.63, 3.8) is 0 Å². The molecule has 0 bridgehead atoms. The van der Waals surface area contributed by atoms with Gasteiger partial charge in [0.2, 0.25) is 0 Å². The number of amides is 1. The lowest BCUT2D eigenvalue weighted by Gasteiger charge is -2.25. The first-order chi connectivity index (χ1) is 6.96. The minimum Gasteiger partial charge on any atom is -0.393 e. The van der Waals surface area contributed by atoms with E-state index in [0.29, 0.717) is 19.4 Å². The fraction of sp³-hybridized carbons (Fsp3) is 0.909. The molecule has 0 aromatic rings. The third kappa shape index (κ3) is 5.14. The van der Waals surface area contributed by atoms with E-state index < -0.39 is 5.60 Å². The molecule has 0 aromatic carbocycles. The van der Waals surface area contributed by atoms with E-state index in [1.165, 1.54) is 0 Å². The molecule has 0 fully saturated rings. The predicted octanol–water partition coefficient (Wildman–Crippen LogP) is 1.08. The van der Waals surface area contributed by atoms with Gasteiger partial charge >= 0.3 is 0 Å². The molecule has 0 aliphatic carbocycles. The molecule has 0 aliphatic rings. The summed E-state index contributed by atoms with van der Waals surface area (Å²) in [5.41, 5.74) is -0.731. The summed E-state index contributed by atoms with van der Waals surface area (Å²) in [6, 6.07) is 0. The van der Waals surface area contributed by atoms with E-state index in [2.05, 4.69) is 5.32 Å². The highest BCUT2D eigenvalue weighted by molar-refractivity contribution is 5.84. The molecule has 0 radical (unpaired) electrons. The molecule has 4 heteroatoms. The summed E-state index contributed by atoms with van der Waals surface area (Å²) in [7, 11) is 1.54. The van der Waals surface area contributed by atoms with Crippen LogP contribution in [0.3, 0.4) is 0 Å². The van der Waals surface area contributed by atoms with Crippen LogP contribution >= 0.6 is 0 Å². The number of nitrogens with one attached hydrogen (secondary N) is 1. The lowest BCUT2D eigenvalue weighted by molar-refractivity contribution is -0.141. The zero-order chi connectivity index (χ0) is 11.9. The van der Waals surface area contributed by atoms with Crippen LogP contribution in [0.1, 0.15) is 40.0 Å². The molecule has 0 saturated carbocycles. The first kappa shape index (κ1) is 14.4. The second-order valence-electron chi connectivity index (χ2n) is 4.04. The summed E-state index contributed by atoms with van der Waals surface area (Å²) < 4.78 is 5.17. The first-order valence-electron chi connectivity index (χ1n) is 5.47. The van der Waals surface area contributed by atoms with Gasteiger partial charge < -0.3 is 15.2 Å². The van der Waals surface area contributed by atoms with Gasteiger partial charge in [-0.3, -0.25) is 4.79 Å². The van der Waals surface area contributed by atoms with Crippen molar-refractivity contribution < 1.29 is 14.6 Å². The average Bonchev–Trinajstić information content (AvgIpc) is 2.22. The van der Waals surface area contributed by atoms with E-state index in [4.69, 9.17) is 9.84 Å². The van der Waals surface area contributed by atoms with Crippen LogP contribution in [0.15, 0.2) is 0 Å². The number of hydrogen-bond acceptors (Lipinski definition) is 3. The average molecular weight is 217 g/mol. The zero-order valence-electron chi connectivity index (χ0n) is 10.2. The van der Waals surface area contributed by atoms with Crippen molar-refractivity contribution in [1.29, 1.82) is 0 Å². The van der Waals surface area contributed by atoms with Gasteiger partial charge in [0.05, 0.1) is 6.10 Å². The van der Waals surface area contributed by atoms with Gasteiger partial charge in [-0.25, -0.2) is 0 Å². The number of ether oxygens (including phenoxy) is 1. The Hall–Kier alpha value is -0.610. The van der Waals surface area contributed by atoms with E-state index in [0.717, 1.165) is 6.42 Å². The lowest BCUT2D eigenvalue weighted by Crippen LogP contribution is -2.45. The van der Waals surface area contributed by atoms with Crippen molar-refractivity contribution in [3.8, 4) is 0 Å². The molecule has 2 N–H and O–H groups in total. The second-order valence-corrected chi connectivity index (χ2v) is 4.04. The molecule has 0 aliphatic heterocycles. The molecule has 2 atom stereocenters. The summed E-state index contributed by atoms with van der Waals surface area (Å²) in [5.74, 6) is -0.0851. The van der Waals surface area contributed by atoms with Crippen LogP contribution in [0, 0.1) is 0 Å². The molecule has 15 heavy (non-hydrogen) atoms. The maximum absolute atomic E-state index is 11.7. The smallest absolute Gasteiger partial charge is 0.251 e. The van der Waals surface area contributed by atoms with Gasteiger partial charge in [-0.1, -0.05) is 6.92 Å². The van der Waals surface area contributed by atoms with Crippen LogP contribution < -0.4 is 5.32 Å². The summed E-state index contributed by atoms with van der Waals surface area (Å²) in [6.45, 7) is 6.02. The SMILES string of the molecule is CCC(C)(OC)C(=O)NCCCC(C)O. The number of aliphatic hydroxyl groups is 1. The number of hydrogen-bond donors (Lipinski definition) is 2. The fourth-order valence-electron chi connectivity index (χ4n) is 1.18. The molecule has 0 heterocycles. The Balaban J connectivity index is 3.82. The molecule has 0 aromatic heterocycles. The van der Waals surface area contributed by atoms with Gasteiger partial charge in [-0.05, 0) is 33.1 Å². The maximum atomic E-state index is 11.7. The fourth-order valence-corrected chi connectivity index (χ4v) is 1.18. The van der Waals surface area contributed by atoms with Gasteiger partial charge in [0, 0.05) is 13.7 Å². The van der Waals surface area contributed by atoms with E-state index >= 15 is 0 Å². The molecule has 90 valence electrons. The Kier molecular flexibility index (Phi) is 6.52. The molecule has 0 rings (SSSR count). The molecule has 0 saturated heterocycles. The van der Waals surface area contributed by atoms with E-state index in [1.54, 1.807) is 21.0 Å². The molecule has 1 amide bonds. The van der Waals surface area contributed by atoms with Gasteiger partial charge in [0.25, 0.3) is 5.91 Å². The van der Waals surface area contributed by atoms with Crippen LogP contribution in [0.2, 0.25) is 0 Å². The molecule has 4 nitrogen and oxygen atoms in total. The quantitative estimate of drug-likeness (QED) is 0.627. The largest absolute Gasteiger partial charge is 0.393 e. The molecule has 0 spiro atoms. The number of carbonyl (C=O) groups excluding carboxylic acids is 1. The maximum Gasteiger partial charge on any atom is 0.251 e. The van der Waals surface area contributed by atoms with E-state index in [-0.39, 0.29) is 12.0 Å². The van der Waals surface area contributed by atoms with Crippen molar-refractivity contribution in [2.45, 2.75) is 51.7 Å². The summed E-state index contributed by atoms with van der Waals surface area (Å²) in [4.78, 5) is 11.7. The number of carbonyl (C=O) groups is 1. The number of methoxy groups -OCH3 is 1. The van der Waals surface area contributed by atoms with Crippen molar-refractivity contribution in [1.82, 2.24) is 5.32 Å². The number of rotatable bonds is 7. The Morgan fingerprint density at radius 3 is 2.60 bits per heavy atom. The standard InChI is InChI=1S/C11H23NO3/c1-5-11(3,15-4)10(14)12-8-6-7-9(2)13/h9,13H,5-8H2,1-4H3,(H,12,14). The Labute approximate surface area is 92.0 Å². The van der Waals surface area contributed by atoms with Crippen molar-refractivity contribution in [2.75, 3.05) is 13.7 Å². The van der Waals surface area contributed by atoms with Crippen molar-refractivity contribution in [3.05, 3.63) is 0 Å². The topological polar surface area (TPSA) is 58.6 Å². The van der Waals surface area contributed by atoms with Crippen LogP contribution in [0.4, 0.5) is 0 Å². The predicted molar refractivity (Wildman–Crippen MR) is 59.6 cm³/mol. The number of aliphatic hydroxyl groups excluding tert-OH is 1. The van der Waals surface area contributed by atoms with Crippen molar-refractivity contribution in [2.24, 2.45) is 0 Å². The molecule has 2 unspecified atom stereocenters. The third-order valence-corrected chi connectivity index (χ3v) is 2.69. The van der Waals surface area contributed by atoms with Crippen LogP contribution in [0.25, 0.3) is 0 Å². The van der Waals surface area contributed by atoms with Crippen LogP contribution in [0.5, 0.6) is 0 Å². The highest BCUT2D eigenvalue weighted by Gasteiger charge is 2.30. The normalized spacial score (nSPS) is 16.9. The van der Waals surface area contributed by atoms with Gasteiger partial charge in [-0.15, -0.1) is 0 Å². The summed E-state index contributed by atoms with van der Waals surface area (Å²) >= 11 is 0. The second kappa shape index (κ2) is 6.80. The highest BCUT2D eigenvalue weighted by Crippen LogP contribution is 2.13. The first-order valence-corrected chi connectivity index (χ1v) is 5.47. The summed E-state index contributed by atoms with van der Waals surface area (Å²) in [6.07, 6.45) is 1.83. The third-order valence-electron chi connectivity index (χ3n) is 2.69. The van der Waals surface area contributed by atoms with Crippen molar-refractivity contribution >= 4 is 5.91 Å². The Morgan fingerprint density at radius 2 is 2.20 bits per heavy atom. The van der Waals surface area contributed by atoms with Gasteiger partial charge in [0.1, 0.15) is 5.60 Å². The Bertz CT molecular complexity index is 188. The minimum atomic E-state index is -0.731. The monoisotopic (exact) mass is 217 g/mol. The van der Waals surface area contributed by atoms with E-state index in [1.807, 2.05) is 6.92 Å². The van der Waals surface area contributed by atoms with Crippen LogP contribution in [-0.4, -0.2) is 36.4 Å². The van der Waals surface area contributed by atoms with Crippen LogP contribution in [-0.2, 0) is 9.53 Å². The Morgan fingerprint density at radius 1 is 1.60 bits per heavy atom. The minimum absolute atomic E-state index is 0.0851. The lowest BCUT2D eigenvalue weighted by atomic mass is 10.0. The molecular weight excluding hydrogens is 194 g/mol. The van der Waals surface area contributed by atoms with E-state index in [9.17, 15) is 4.79 Å². The zero-order valence-corrected chi connectivity index (χ0v) is 10.2.